The molecule has 20 heavy (non-hydrogen) atoms. The van der Waals surface area contributed by atoms with Crippen molar-refractivity contribution in [3.05, 3.63) is 56.8 Å². The van der Waals surface area contributed by atoms with Crippen molar-refractivity contribution in [1.82, 2.24) is 0 Å². The average Bonchev–Trinajstić information content (AvgIpc) is 2.83. The second kappa shape index (κ2) is 6.11. The zero-order chi connectivity index (χ0) is 14.9. The molecule has 0 spiro atoms. The van der Waals surface area contributed by atoms with Gasteiger partial charge in [-0.3, -0.25) is 0 Å². The highest BCUT2D eigenvalue weighted by molar-refractivity contribution is 7.08. The molecule has 0 aliphatic carbocycles. The monoisotopic (exact) mass is 288 g/mol. The Kier molecular flexibility index (Phi) is 4.66. The van der Waals surface area contributed by atoms with E-state index in [1.165, 1.54) is 16.7 Å². The van der Waals surface area contributed by atoms with Crippen molar-refractivity contribution in [3.63, 3.8) is 0 Å². The number of aliphatic hydroxyl groups excluding tert-OH is 1. The number of thiophene rings is 1. The summed E-state index contributed by atoms with van der Waals surface area (Å²) in [6, 6.07) is 6.51. The lowest BCUT2D eigenvalue weighted by Crippen LogP contribution is -2.06. The molecule has 1 aromatic carbocycles. The number of aryl methyl sites for hydroxylation is 1. The zero-order valence-corrected chi connectivity index (χ0v) is 13.8. The van der Waals surface area contributed by atoms with Crippen molar-refractivity contribution >= 4 is 11.3 Å². The van der Waals surface area contributed by atoms with Crippen LogP contribution in [0.5, 0.6) is 0 Å². The van der Waals surface area contributed by atoms with Crippen LogP contribution >= 0.6 is 11.3 Å². The van der Waals surface area contributed by atoms with E-state index in [0.717, 1.165) is 11.1 Å². The first-order valence-corrected chi connectivity index (χ1v) is 8.20. The molecular formula is C18H24OS. The van der Waals surface area contributed by atoms with E-state index < -0.39 is 6.10 Å². The molecule has 0 amide bonds. The molecule has 1 nitrogen and oxygen atoms in total. The second-order valence-electron chi connectivity index (χ2n) is 6.11. The third-order valence-electron chi connectivity index (χ3n) is 3.88. The molecule has 2 aromatic rings. The standard InChI is InChI=1S/C18H24OS/c1-11(2)14-6-7-15(16(8-14)12(3)4)18(19)17-10-20-9-13(17)5/h6-12,18-19H,1-5H3. The second-order valence-corrected chi connectivity index (χ2v) is 6.85. The van der Waals surface area contributed by atoms with E-state index in [0.29, 0.717) is 11.8 Å². The van der Waals surface area contributed by atoms with E-state index in [-0.39, 0.29) is 0 Å². The van der Waals surface area contributed by atoms with Gasteiger partial charge in [0, 0.05) is 0 Å². The largest absolute Gasteiger partial charge is 0.384 e. The SMILES string of the molecule is Cc1cscc1C(O)c1ccc(C(C)C)cc1C(C)C. The summed E-state index contributed by atoms with van der Waals surface area (Å²) < 4.78 is 0. The Bertz CT molecular complexity index is 581. The van der Waals surface area contributed by atoms with Crippen LogP contribution in [-0.2, 0) is 0 Å². The van der Waals surface area contributed by atoms with E-state index in [9.17, 15) is 5.11 Å². The quantitative estimate of drug-likeness (QED) is 0.800. The maximum atomic E-state index is 10.7. The minimum Gasteiger partial charge on any atom is -0.384 e. The van der Waals surface area contributed by atoms with Gasteiger partial charge in [-0.05, 0) is 57.3 Å². The number of benzene rings is 1. The van der Waals surface area contributed by atoms with Gasteiger partial charge in [0.2, 0.25) is 0 Å². The van der Waals surface area contributed by atoms with Gasteiger partial charge in [0.25, 0.3) is 0 Å². The molecule has 1 atom stereocenters. The fourth-order valence-electron chi connectivity index (χ4n) is 2.52. The van der Waals surface area contributed by atoms with Gasteiger partial charge in [0.15, 0.2) is 0 Å². The molecule has 2 rings (SSSR count). The summed E-state index contributed by atoms with van der Waals surface area (Å²) >= 11 is 1.65. The molecule has 1 heterocycles. The summed E-state index contributed by atoms with van der Waals surface area (Å²) in [4.78, 5) is 0. The molecule has 0 aliphatic heterocycles. The molecule has 1 unspecified atom stereocenters. The smallest absolute Gasteiger partial charge is 0.105 e. The molecule has 0 aliphatic rings. The first kappa shape index (κ1) is 15.3. The summed E-state index contributed by atoms with van der Waals surface area (Å²) in [6.07, 6.45) is -0.514. The summed E-state index contributed by atoms with van der Waals surface area (Å²) in [7, 11) is 0. The van der Waals surface area contributed by atoms with Crippen molar-refractivity contribution in [3.8, 4) is 0 Å². The Morgan fingerprint density at radius 3 is 2.10 bits per heavy atom. The van der Waals surface area contributed by atoms with Crippen LogP contribution in [-0.4, -0.2) is 5.11 Å². The van der Waals surface area contributed by atoms with Gasteiger partial charge in [-0.15, -0.1) is 0 Å². The minimum atomic E-state index is -0.514. The van der Waals surface area contributed by atoms with Gasteiger partial charge < -0.3 is 5.11 Å². The Morgan fingerprint density at radius 2 is 1.60 bits per heavy atom. The molecular weight excluding hydrogens is 264 g/mol. The van der Waals surface area contributed by atoms with Gasteiger partial charge in [-0.1, -0.05) is 45.9 Å². The summed E-state index contributed by atoms with van der Waals surface area (Å²) in [5, 5.41) is 14.9. The average molecular weight is 288 g/mol. The Morgan fingerprint density at radius 1 is 0.900 bits per heavy atom. The van der Waals surface area contributed by atoms with Gasteiger partial charge in [0.05, 0.1) is 0 Å². The number of hydrogen-bond donors (Lipinski definition) is 1. The molecule has 0 radical (unpaired) electrons. The predicted octanol–water partition coefficient (Wildman–Crippen LogP) is 5.39. The van der Waals surface area contributed by atoms with Crippen LogP contribution in [0.1, 0.15) is 73.5 Å². The number of hydrogen-bond acceptors (Lipinski definition) is 2. The van der Waals surface area contributed by atoms with Crippen molar-refractivity contribution in [2.24, 2.45) is 0 Å². The van der Waals surface area contributed by atoms with Crippen LogP contribution in [0.4, 0.5) is 0 Å². The van der Waals surface area contributed by atoms with Crippen molar-refractivity contribution in [2.75, 3.05) is 0 Å². The van der Waals surface area contributed by atoms with Crippen LogP contribution in [0.15, 0.2) is 29.0 Å². The first-order valence-electron chi connectivity index (χ1n) is 7.26. The van der Waals surface area contributed by atoms with E-state index in [4.69, 9.17) is 0 Å². The lowest BCUT2D eigenvalue weighted by molar-refractivity contribution is 0.218. The molecule has 0 saturated heterocycles. The molecule has 0 saturated carbocycles. The summed E-state index contributed by atoms with van der Waals surface area (Å²) in [5.74, 6) is 0.930. The van der Waals surface area contributed by atoms with E-state index >= 15 is 0 Å². The van der Waals surface area contributed by atoms with Crippen molar-refractivity contribution in [2.45, 2.75) is 52.6 Å². The molecule has 2 heteroatoms. The fraction of sp³-hybridized carbons (Fsp3) is 0.444. The van der Waals surface area contributed by atoms with Crippen LogP contribution in [0.3, 0.4) is 0 Å². The fourth-order valence-corrected chi connectivity index (χ4v) is 3.39. The van der Waals surface area contributed by atoms with Crippen LogP contribution in [0.25, 0.3) is 0 Å². The topological polar surface area (TPSA) is 20.2 Å². The van der Waals surface area contributed by atoms with E-state index in [1.807, 2.05) is 0 Å². The van der Waals surface area contributed by atoms with Gasteiger partial charge in [0.1, 0.15) is 6.10 Å². The number of rotatable bonds is 4. The van der Waals surface area contributed by atoms with Gasteiger partial charge >= 0.3 is 0 Å². The van der Waals surface area contributed by atoms with E-state index in [1.54, 1.807) is 11.3 Å². The van der Waals surface area contributed by atoms with Crippen LogP contribution in [0, 0.1) is 6.92 Å². The lowest BCUT2D eigenvalue weighted by Gasteiger charge is -2.20. The highest BCUT2D eigenvalue weighted by Crippen LogP contribution is 2.34. The molecule has 108 valence electrons. The predicted molar refractivity (Wildman–Crippen MR) is 87.7 cm³/mol. The Hall–Kier alpha value is -1.12. The maximum absolute atomic E-state index is 10.7. The first-order chi connectivity index (χ1) is 9.41. The summed E-state index contributed by atoms with van der Waals surface area (Å²) in [6.45, 7) is 10.9. The Labute approximate surface area is 126 Å². The lowest BCUT2D eigenvalue weighted by atomic mass is 9.87. The maximum Gasteiger partial charge on any atom is 0.105 e. The molecule has 1 N–H and O–H groups in total. The van der Waals surface area contributed by atoms with Crippen LogP contribution < -0.4 is 0 Å². The molecule has 1 aromatic heterocycles. The highest BCUT2D eigenvalue weighted by atomic mass is 32.1. The van der Waals surface area contributed by atoms with E-state index in [2.05, 4.69) is 63.6 Å². The minimum absolute atomic E-state index is 0.414. The number of aliphatic hydroxyl groups is 1. The zero-order valence-electron chi connectivity index (χ0n) is 13.0. The molecule has 0 fully saturated rings. The van der Waals surface area contributed by atoms with Crippen molar-refractivity contribution in [1.29, 1.82) is 0 Å². The Balaban J connectivity index is 2.48. The highest BCUT2D eigenvalue weighted by Gasteiger charge is 2.19. The van der Waals surface area contributed by atoms with Crippen LogP contribution in [0.2, 0.25) is 0 Å². The van der Waals surface area contributed by atoms with Gasteiger partial charge in [-0.2, -0.15) is 11.3 Å². The third-order valence-corrected chi connectivity index (χ3v) is 4.76. The van der Waals surface area contributed by atoms with Gasteiger partial charge in [-0.25, -0.2) is 0 Å². The third kappa shape index (κ3) is 2.97. The summed E-state index contributed by atoms with van der Waals surface area (Å²) in [5.41, 5.74) is 5.85. The normalized spacial score (nSPS) is 13.2. The van der Waals surface area contributed by atoms with Crippen molar-refractivity contribution < 1.29 is 5.11 Å². The molecule has 0 bridgehead atoms.